The van der Waals surface area contributed by atoms with Crippen LogP contribution in [0.25, 0.3) is 0 Å². The second kappa shape index (κ2) is 5.29. The van der Waals surface area contributed by atoms with E-state index in [1.807, 2.05) is 12.1 Å². The van der Waals surface area contributed by atoms with Gasteiger partial charge < -0.3 is 14.6 Å². The third-order valence-corrected chi connectivity index (χ3v) is 5.55. The number of aliphatic hydroxyl groups is 1. The molecule has 1 saturated carbocycles. The zero-order valence-corrected chi connectivity index (χ0v) is 12.5. The molecular formula is C18H24O3. The molecule has 0 aromatic heterocycles. The molecule has 2 aliphatic heterocycles. The summed E-state index contributed by atoms with van der Waals surface area (Å²) >= 11 is 0. The molecule has 3 heteroatoms. The predicted octanol–water partition coefficient (Wildman–Crippen LogP) is 3.39. The molecule has 2 heterocycles. The van der Waals surface area contributed by atoms with Crippen LogP contribution in [0.15, 0.2) is 18.2 Å². The summed E-state index contributed by atoms with van der Waals surface area (Å²) < 4.78 is 11.6. The first-order valence-corrected chi connectivity index (χ1v) is 8.33. The Labute approximate surface area is 126 Å². The highest BCUT2D eigenvalue weighted by Crippen LogP contribution is 2.45. The van der Waals surface area contributed by atoms with Crippen LogP contribution in [0.4, 0.5) is 0 Å². The second-order valence-electron chi connectivity index (χ2n) is 6.90. The van der Waals surface area contributed by atoms with E-state index in [-0.39, 0.29) is 11.7 Å². The molecule has 1 aromatic rings. The minimum atomic E-state index is -0.364. The second-order valence-corrected chi connectivity index (χ2v) is 6.90. The molecule has 1 aromatic carbocycles. The molecule has 114 valence electrons. The Hall–Kier alpha value is -1.06. The van der Waals surface area contributed by atoms with Gasteiger partial charge in [-0.3, -0.25) is 0 Å². The van der Waals surface area contributed by atoms with Gasteiger partial charge in [-0.15, -0.1) is 0 Å². The molecule has 3 nitrogen and oxygen atoms in total. The van der Waals surface area contributed by atoms with Crippen molar-refractivity contribution in [3.8, 4) is 5.75 Å². The fourth-order valence-electron chi connectivity index (χ4n) is 4.37. The van der Waals surface area contributed by atoms with Crippen LogP contribution < -0.4 is 4.74 Å². The van der Waals surface area contributed by atoms with E-state index in [2.05, 4.69) is 6.07 Å². The lowest BCUT2D eigenvalue weighted by Crippen LogP contribution is -2.39. The van der Waals surface area contributed by atoms with Crippen LogP contribution in [0.3, 0.4) is 0 Å². The fourth-order valence-corrected chi connectivity index (χ4v) is 4.37. The van der Waals surface area contributed by atoms with Gasteiger partial charge in [0, 0.05) is 13.0 Å². The zero-order valence-electron chi connectivity index (χ0n) is 12.5. The summed E-state index contributed by atoms with van der Waals surface area (Å²) in [5.41, 5.74) is 2.37. The van der Waals surface area contributed by atoms with Crippen LogP contribution in [0.1, 0.15) is 55.8 Å². The Balaban J connectivity index is 1.52. The van der Waals surface area contributed by atoms with E-state index in [1.165, 1.54) is 31.2 Å². The van der Waals surface area contributed by atoms with Crippen molar-refractivity contribution in [1.82, 2.24) is 0 Å². The summed E-state index contributed by atoms with van der Waals surface area (Å²) in [6, 6.07) is 6.20. The Kier molecular flexibility index (Phi) is 3.43. The van der Waals surface area contributed by atoms with Gasteiger partial charge in [0.2, 0.25) is 0 Å². The third-order valence-electron chi connectivity index (χ3n) is 5.55. The number of ether oxygens (including phenoxy) is 2. The summed E-state index contributed by atoms with van der Waals surface area (Å²) in [6.07, 6.45) is 7.49. The van der Waals surface area contributed by atoms with E-state index in [0.717, 1.165) is 43.8 Å². The molecule has 2 atom stereocenters. The van der Waals surface area contributed by atoms with Gasteiger partial charge in [-0.2, -0.15) is 0 Å². The van der Waals surface area contributed by atoms with Crippen LogP contribution in [-0.4, -0.2) is 23.9 Å². The first-order valence-electron chi connectivity index (χ1n) is 8.33. The van der Waals surface area contributed by atoms with Crippen LogP contribution >= 0.6 is 0 Å². The summed E-state index contributed by atoms with van der Waals surface area (Å²) in [7, 11) is 0. The molecule has 1 saturated heterocycles. The maximum absolute atomic E-state index is 10.8. The quantitative estimate of drug-likeness (QED) is 0.906. The molecule has 2 unspecified atom stereocenters. The molecule has 0 radical (unpaired) electrons. The molecule has 1 N–H and O–H groups in total. The average Bonchev–Trinajstić information content (AvgIpc) is 3.15. The number of aliphatic hydroxyl groups excluding tert-OH is 1. The van der Waals surface area contributed by atoms with Crippen molar-refractivity contribution in [2.75, 3.05) is 13.2 Å². The summed E-state index contributed by atoms with van der Waals surface area (Å²) in [5.74, 6) is 1.32. The van der Waals surface area contributed by atoms with Gasteiger partial charge in [0.25, 0.3) is 0 Å². The molecule has 4 rings (SSSR count). The standard InChI is InChI=1S/C18H24O3/c19-17(14-3-4-16-13(11-14)5-9-20-16)15-6-10-21-18(12-15)7-1-2-8-18/h3-4,11,15,17,19H,1-2,5-10,12H2. The van der Waals surface area contributed by atoms with E-state index >= 15 is 0 Å². The SMILES string of the molecule is OC(c1ccc2c(c1)CCO2)C1CCOC2(CCCC2)C1. The Bertz CT molecular complexity index is 519. The molecule has 1 spiro atoms. The molecule has 0 bridgehead atoms. The van der Waals surface area contributed by atoms with Gasteiger partial charge in [-0.05, 0) is 54.9 Å². The van der Waals surface area contributed by atoms with Crippen molar-refractivity contribution in [1.29, 1.82) is 0 Å². The van der Waals surface area contributed by atoms with Crippen LogP contribution in [0.5, 0.6) is 5.75 Å². The lowest BCUT2D eigenvalue weighted by atomic mass is 9.79. The first-order chi connectivity index (χ1) is 10.3. The highest BCUT2D eigenvalue weighted by atomic mass is 16.5. The Morgan fingerprint density at radius 3 is 2.90 bits per heavy atom. The lowest BCUT2D eigenvalue weighted by molar-refractivity contribution is -0.113. The zero-order chi connectivity index (χ0) is 14.3. The van der Waals surface area contributed by atoms with Gasteiger partial charge in [0.1, 0.15) is 5.75 Å². The average molecular weight is 288 g/mol. The molecule has 2 fully saturated rings. The maximum atomic E-state index is 10.8. The van der Waals surface area contributed by atoms with E-state index in [1.54, 1.807) is 0 Å². The topological polar surface area (TPSA) is 38.7 Å². The first kappa shape index (κ1) is 13.6. The van der Waals surface area contributed by atoms with Crippen molar-refractivity contribution < 1.29 is 14.6 Å². The van der Waals surface area contributed by atoms with Crippen molar-refractivity contribution in [3.05, 3.63) is 29.3 Å². The number of hydrogen-bond donors (Lipinski definition) is 1. The highest BCUT2D eigenvalue weighted by Gasteiger charge is 2.42. The van der Waals surface area contributed by atoms with Crippen molar-refractivity contribution >= 4 is 0 Å². The van der Waals surface area contributed by atoms with E-state index in [0.29, 0.717) is 5.92 Å². The van der Waals surface area contributed by atoms with Gasteiger partial charge in [-0.25, -0.2) is 0 Å². The van der Waals surface area contributed by atoms with Crippen molar-refractivity contribution in [2.45, 2.75) is 56.7 Å². The normalized spacial score (nSPS) is 28.3. The molecule has 3 aliphatic rings. The summed E-state index contributed by atoms with van der Waals surface area (Å²) in [4.78, 5) is 0. The molecule has 0 amide bonds. The third kappa shape index (κ3) is 2.47. The largest absolute Gasteiger partial charge is 0.493 e. The van der Waals surface area contributed by atoms with Crippen molar-refractivity contribution in [2.24, 2.45) is 5.92 Å². The highest BCUT2D eigenvalue weighted by molar-refractivity contribution is 5.40. The fraction of sp³-hybridized carbons (Fsp3) is 0.667. The van der Waals surface area contributed by atoms with E-state index < -0.39 is 0 Å². The Morgan fingerprint density at radius 2 is 2.05 bits per heavy atom. The van der Waals surface area contributed by atoms with Gasteiger partial charge >= 0.3 is 0 Å². The van der Waals surface area contributed by atoms with Gasteiger partial charge in [-0.1, -0.05) is 18.9 Å². The predicted molar refractivity (Wildman–Crippen MR) is 80.5 cm³/mol. The number of hydrogen-bond acceptors (Lipinski definition) is 3. The Morgan fingerprint density at radius 1 is 1.19 bits per heavy atom. The monoisotopic (exact) mass is 288 g/mol. The van der Waals surface area contributed by atoms with Crippen LogP contribution in [-0.2, 0) is 11.2 Å². The van der Waals surface area contributed by atoms with E-state index in [9.17, 15) is 5.11 Å². The minimum absolute atomic E-state index is 0.0732. The lowest BCUT2D eigenvalue weighted by Gasteiger charge is -2.40. The summed E-state index contributed by atoms with van der Waals surface area (Å²) in [6.45, 7) is 1.57. The van der Waals surface area contributed by atoms with Gasteiger partial charge in [0.05, 0.1) is 18.3 Å². The summed E-state index contributed by atoms with van der Waals surface area (Å²) in [5, 5.41) is 10.8. The number of fused-ring (bicyclic) bond motifs is 1. The van der Waals surface area contributed by atoms with Crippen LogP contribution in [0.2, 0.25) is 0 Å². The maximum Gasteiger partial charge on any atom is 0.122 e. The molecule has 21 heavy (non-hydrogen) atoms. The minimum Gasteiger partial charge on any atom is -0.493 e. The molecule has 1 aliphatic carbocycles. The number of benzene rings is 1. The van der Waals surface area contributed by atoms with Gasteiger partial charge in [0.15, 0.2) is 0 Å². The van der Waals surface area contributed by atoms with Crippen molar-refractivity contribution in [3.63, 3.8) is 0 Å². The van der Waals surface area contributed by atoms with Crippen LogP contribution in [0, 0.1) is 5.92 Å². The molecular weight excluding hydrogens is 264 g/mol. The number of rotatable bonds is 2. The smallest absolute Gasteiger partial charge is 0.122 e. The van der Waals surface area contributed by atoms with E-state index in [4.69, 9.17) is 9.47 Å².